The van der Waals surface area contributed by atoms with Crippen molar-refractivity contribution in [1.82, 2.24) is 4.90 Å². The van der Waals surface area contributed by atoms with Crippen LogP contribution in [0.4, 0.5) is 5.69 Å². The number of nitrogens with zero attached hydrogens (tertiary/aromatic N) is 1. The van der Waals surface area contributed by atoms with Gasteiger partial charge in [-0.1, -0.05) is 30.3 Å². The van der Waals surface area contributed by atoms with Crippen molar-refractivity contribution in [3.63, 3.8) is 0 Å². The number of carbonyl (C=O) groups excluding carboxylic acids is 2. The lowest BCUT2D eigenvalue weighted by Gasteiger charge is -2.32. The summed E-state index contributed by atoms with van der Waals surface area (Å²) in [5, 5.41) is 2.87. The Morgan fingerprint density at radius 3 is 2.61 bits per heavy atom. The van der Waals surface area contributed by atoms with E-state index >= 15 is 0 Å². The van der Waals surface area contributed by atoms with Crippen LogP contribution in [0.3, 0.4) is 0 Å². The van der Waals surface area contributed by atoms with E-state index in [1.807, 2.05) is 18.2 Å². The standard InChI is InChI=1S/C24H28N2O2/c27-23(21-8-10-22-20(17-21)9-11-24(28)25-22)7-4-14-26-15-12-19(13-16-26)18-5-2-1-3-6-18/h1-3,5-6,8,10,17,19H,4,7,9,11-16H2,(H,25,28). The zero-order valence-corrected chi connectivity index (χ0v) is 16.3. The van der Waals surface area contributed by atoms with Gasteiger partial charge in [-0.05, 0) is 80.6 Å². The van der Waals surface area contributed by atoms with E-state index in [-0.39, 0.29) is 11.7 Å². The number of likely N-dealkylation sites (tertiary alicyclic amines) is 1. The molecule has 2 aliphatic rings. The number of piperidine rings is 1. The molecule has 0 atom stereocenters. The lowest BCUT2D eigenvalue weighted by molar-refractivity contribution is -0.116. The molecule has 1 saturated heterocycles. The molecule has 0 radical (unpaired) electrons. The summed E-state index contributed by atoms with van der Waals surface area (Å²) in [6.45, 7) is 3.23. The molecule has 0 spiro atoms. The maximum atomic E-state index is 12.6. The number of amides is 1. The number of aryl methyl sites for hydroxylation is 1. The summed E-state index contributed by atoms with van der Waals surface area (Å²) in [6, 6.07) is 16.5. The van der Waals surface area contributed by atoms with Gasteiger partial charge in [0.15, 0.2) is 5.78 Å². The highest BCUT2D eigenvalue weighted by molar-refractivity contribution is 5.98. The van der Waals surface area contributed by atoms with Crippen LogP contribution in [0, 0.1) is 0 Å². The molecule has 2 aliphatic heterocycles. The average Bonchev–Trinajstić information content (AvgIpc) is 2.74. The van der Waals surface area contributed by atoms with E-state index in [1.54, 1.807) is 0 Å². The van der Waals surface area contributed by atoms with Crippen molar-refractivity contribution in [3.8, 4) is 0 Å². The topological polar surface area (TPSA) is 49.4 Å². The number of hydrogen-bond donors (Lipinski definition) is 1. The Bertz CT molecular complexity index is 839. The van der Waals surface area contributed by atoms with E-state index in [0.717, 1.165) is 49.3 Å². The van der Waals surface area contributed by atoms with Crippen molar-refractivity contribution in [2.75, 3.05) is 25.0 Å². The highest BCUT2D eigenvalue weighted by Crippen LogP contribution is 2.28. The second-order valence-electron chi connectivity index (χ2n) is 7.97. The van der Waals surface area contributed by atoms with Gasteiger partial charge in [-0.25, -0.2) is 0 Å². The Balaban J connectivity index is 1.22. The number of rotatable bonds is 6. The molecule has 0 saturated carbocycles. The molecule has 0 aromatic heterocycles. The molecule has 4 nitrogen and oxygen atoms in total. The summed E-state index contributed by atoms with van der Waals surface area (Å²) in [7, 11) is 0. The van der Waals surface area contributed by atoms with E-state index in [4.69, 9.17) is 0 Å². The molecule has 2 heterocycles. The number of fused-ring (bicyclic) bond motifs is 1. The Morgan fingerprint density at radius 1 is 1.04 bits per heavy atom. The van der Waals surface area contributed by atoms with E-state index < -0.39 is 0 Å². The molecule has 1 amide bonds. The van der Waals surface area contributed by atoms with Crippen LogP contribution >= 0.6 is 0 Å². The van der Waals surface area contributed by atoms with Crippen LogP contribution < -0.4 is 5.32 Å². The molecule has 28 heavy (non-hydrogen) atoms. The van der Waals surface area contributed by atoms with E-state index in [9.17, 15) is 9.59 Å². The summed E-state index contributed by atoms with van der Waals surface area (Å²) in [5.74, 6) is 0.941. The summed E-state index contributed by atoms with van der Waals surface area (Å²) >= 11 is 0. The predicted octanol–water partition coefficient (Wildman–Crippen LogP) is 4.41. The van der Waals surface area contributed by atoms with Gasteiger partial charge in [-0.2, -0.15) is 0 Å². The van der Waals surface area contributed by atoms with Gasteiger partial charge in [-0.3, -0.25) is 9.59 Å². The van der Waals surface area contributed by atoms with Crippen LogP contribution in [0.5, 0.6) is 0 Å². The molecular weight excluding hydrogens is 348 g/mol. The minimum atomic E-state index is 0.0580. The number of Topliss-reactive ketones (excluding diaryl/α,β-unsaturated/α-hetero) is 1. The van der Waals surface area contributed by atoms with Crippen LogP contribution in [0.25, 0.3) is 0 Å². The van der Waals surface area contributed by atoms with Crippen LogP contribution in [-0.4, -0.2) is 36.2 Å². The van der Waals surface area contributed by atoms with Crippen molar-refractivity contribution < 1.29 is 9.59 Å². The molecule has 0 unspecified atom stereocenters. The summed E-state index contributed by atoms with van der Waals surface area (Å²) in [5.41, 5.74) is 4.17. The molecule has 0 bridgehead atoms. The van der Waals surface area contributed by atoms with E-state index in [1.165, 1.54) is 18.4 Å². The number of anilines is 1. The smallest absolute Gasteiger partial charge is 0.224 e. The van der Waals surface area contributed by atoms with Gasteiger partial charge in [0.05, 0.1) is 0 Å². The number of nitrogens with one attached hydrogen (secondary N) is 1. The quantitative estimate of drug-likeness (QED) is 0.760. The first-order valence-corrected chi connectivity index (χ1v) is 10.4. The van der Waals surface area contributed by atoms with Gasteiger partial charge >= 0.3 is 0 Å². The lowest BCUT2D eigenvalue weighted by atomic mass is 9.89. The third-order valence-corrected chi connectivity index (χ3v) is 6.06. The molecule has 1 N–H and O–H groups in total. The summed E-state index contributed by atoms with van der Waals surface area (Å²) in [6.07, 6.45) is 5.12. The van der Waals surface area contributed by atoms with Crippen molar-refractivity contribution in [2.24, 2.45) is 0 Å². The second-order valence-corrected chi connectivity index (χ2v) is 7.97. The number of hydrogen-bond acceptors (Lipinski definition) is 3. The summed E-state index contributed by atoms with van der Waals surface area (Å²) in [4.78, 5) is 26.5. The maximum absolute atomic E-state index is 12.6. The Kier molecular flexibility index (Phi) is 5.87. The van der Waals surface area contributed by atoms with Crippen LogP contribution in [0.2, 0.25) is 0 Å². The minimum Gasteiger partial charge on any atom is -0.326 e. The predicted molar refractivity (Wildman–Crippen MR) is 112 cm³/mol. The third kappa shape index (κ3) is 4.50. The van der Waals surface area contributed by atoms with Crippen LogP contribution in [0.15, 0.2) is 48.5 Å². The molecule has 0 aliphatic carbocycles. The number of ketones is 1. The van der Waals surface area contributed by atoms with E-state index in [0.29, 0.717) is 18.8 Å². The van der Waals surface area contributed by atoms with Crippen molar-refractivity contribution in [2.45, 2.75) is 44.4 Å². The lowest BCUT2D eigenvalue weighted by Crippen LogP contribution is -2.33. The van der Waals surface area contributed by atoms with Crippen molar-refractivity contribution >= 4 is 17.4 Å². The fourth-order valence-corrected chi connectivity index (χ4v) is 4.38. The highest BCUT2D eigenvalue weighted by Gasteiger charge is 2.21. The summed E-state index contributed by atoms with van der Waals surface area (Å²) < 4.78 is 0. The zero-order chi connectivity index (χ0) is 19.3. The first kappa shape index (κ1) is 18.9. The monoisotopic (exact) mass is 376 g/mol. The average molecular weight is 377 g/mol. The van der Waals surface area contributed by atoms with Gasteiger partial charge in [0.2, 0.25) is 5.91 Å². The first-order chi connectivity index (χ1) is 13.7. The van der Waals surface area contributed by atoms with Gasteiger partial charge in [-0.15, -0.1) is 0 Å². The Labute approximate surface area is 166 Å². The van der Waals surface area contributed by atoms with Crippen molar-refractivity contribution in [3.05, 3.63) is 65.2 Å². The molecule has 2 aromatic carbocycles. The van der Waals surface area contributed by atoms with E-state index in [2.05, 4.69) is 40.5 Å². The van der Waals surface area contributed by atoms with Gasteiger partial charge in [0.1, 0.15) is 0 Å². The zero-order valence-electron chi connectivity index (χ0n) is 16.3. The van der Waals surface area contributed by atoms with Crippen LogP contribution in [-0.2, 0) is 11.2 Å². The third-order valence-electron chi connectivity index (χ3n) is 6.06. The fourth-order valence-electron chi connectivity index (χ4n) is 4.38. The largest absolute Gasteiger partial charge is 0.326 e. The molecule has 1 fully saturated rings. The Hall–Kier alpha value is -2.46. The van der Waals surface area contributed by atoms with Gasteiger partial charge in [0.25, 0.3) is 0 Å². The van der Waals surface area contributed by atoms with Crippen LogP contribution in [0.1, 0.15) is 59.5 Å². The molecule has 4 heteroatoms. The number of carbonyl (C=O) groups is 2. The first-order valence-electron chi connectivity index (χ1n) is 10.4. The SMILES string of the molecule is O=C1CCc2cc(C(=O)CCCN3CCC(c4ccccc4)CC3)ccc2N1. The maximum Gasteiger partial charge on any atom is 0.224 e. The molecule has 4 rings (SSSR count). The minimum absolute atomic E-state index is 0.0580. The molecule has 2 aromatic rings. The molecule has 146 valence electrons. The fraction of sp³-hybridized carbons (Fsp3) is 0.417. The number of benzene rings is 2. The van der Waals surface area contributed by atoms with Gasteiger partial charge in [0, 0.05) is 24.1 Å². The normalized spacial score (nSPS) is 17.8. The van der Waals surface area contributed by atoms with Gasteiger partial charge < -0.3 is 10.2 Å². The molecular formula is C24H28N2O2. The Morgan fingerprint density at radius 2 is 1.82 bits per heavy atom. The second kappa shape index (κ2) is 8.70. The van der Waals surface area contributed by atoms with Crippen molar-refractivity contribution in [1.29, 1.82) is 0 Å². The highest BCUT2D eigenvalue weighted by atomic mass is 16.1.